The third kappa shape index (κ3) is 5.05. The van der Waals surface area contributed by atoms with E-state index in [1.54, 1.807) is 12.1 Å². The van der Waals surface area contributed by atoms with Gasteiger partial charge in [0.15, 0.2) is 0 Å². The van der Waals surface area contributed by atoms with Crippen LogP contribution in [0.1, 0.15) is 25.3 Å². The van der Waals surface area contributed by atoms with Crippen LogP contribution in [0.5, 0.6) is 5.75 Å². The first-order valence-corrected chi connectivity index (χ1v) is 6.05. The third-order valence-corrected chi connectivity index (χ3v) is 2.48. The van der Waals surface area contributed by atoms with E-state index in [1.165, 1.54) is 6.07 Å². The van der Waals surface area contributed by atoms with Crippen molar-refractivity contribution in [3.63, 3.8) is 0 Å². The number of phenolic OH excluding ortho intramolecular Hbond substituents is 1. The molecule has 1 rings (SSSR count). The van der Waals surface area contributed by atoms with Gasteiger partial charge in [0.25, 0.3) is 0 Å². The number of ether oxygens (including phenoxy) is 1. The summed E-state index contributed by atoms with van der Waals surface area (Å²) in [6.07, 6.45) is 1.12. The summed E-state index contributed by atoms with van der Waals surface area (Å²) >= 11 is 0. The molecule has 0 bridgehead atoms. The Morgan fingerprint density at radius 3 is 3.00 bits per heavy atom. The van der Waals surface area contributed by atoms with Crippen molar-refractivity contribution in [3.8, 4) is 5.75 Å². The van der Waals surface area contributed by atoms with Crippen molar-refractivity contribution in [2.75, 3.05) is 18.9 Å². The number of aromatic hydroxyl groups is 1. The molecular formula is C13H20N2O3. The summed E-state index contributed by atoms with van der Waals surface area (Å²) in [6.45, 7) is 3.46. The van der Waals surface area contributed by atoms with Crippen LogP contribution in [0.25, 0.3) is 0 Å². The van der Waals surface area contributed by atoms with Crippen molar-refractivity contribution < 1.29 is 14.6 Å². The Balaban J connectivity index is 2.31. The number of amides is 1. The van der Waals surface area contributed by atoms with Crippen molar-refractivity contribution in [1.82, 2.24) is 5.32 Å². The van der Waals surface area contributed by atoms with Crippen LogP contribution < -0.4 is 11.1 Å². The highest BCUT2D eigenvalue weighted by Crippen LogP contribution is 2.19. The second kappa shape index (κ2) is 7.55. The second-order valence-electron chi connectivity index (χ2n) is 3.97. The van der Waals surface area contributed by atoms with Crippen molar-refractivity contribution in [1.29, 1.82) is 0 Å². The molecule has 1 aromatic carbocycles. The van der Waals surface area contributed by atoms with Crippen molar-refractivity contribution in [2.24, 2.45) is 0 Å². The first-order chi connectivity index (χ1) is 8.63. The lowest BCUT2D eigenvalue weighted by Gasteiger charge is -2.08. The van der Waals surface area contributed by atoms with Gasteiger partial charge >= 0.3 is 0 Å². The fourth-order valence-electron chi connectivity index (χ4n) is 1.51. The summed E-state index contributed by atoms with van der Waals surface area (Å²) in [6, 6.07) is 4.78. The predicted octanol–water partition coefficient (Wildman–Crippen LogP) is 1.41. The standard InChI is InChI=1S/C13H20N2O3/c1-2-18-7-3-4-13(17)15-9-10-8-11(14)5-6-12(10)16/h5-6,8,16H,2-4,7,9,14H2,1H3,(H,15,17). The topological polar surface area (TPSA) is 84.6 Å². The van der Waals surface area contributed by atoms with Crippen LogP contribution in [-0.4, -0.2) is 24.2 Å². The maximum Gasteiger partial charge on any atom is 0.220 e. The first-order valence-electron chi connectivity index (χ1n) is 6.05. The number of rotatable bonds is 7. The van der Waals surface area contributed by atoms with Gasteiger partial charge in [0, 0.05) is 37.4 Å². The molecule has 0 heterocycles. The molecule has 0 radical (unpaired) electrons. The Hall–Kier alpha value is -1.75. The highest BCUT2D eigenvalue weighted by Gasteiger charge is 2.05. The molecule has 18 heavy (non-hydrogen) atoms. The Bertz CT molecular complexity index is 394. The number of nitrogens with one attached hydrogen (secondary N) is 1. The number of carbonyl (C=O) groups excluding carboxylic acids is 1. The van der Waals surface area contributed by atoms with Crippen molar-refractivity contribution in [2.45, 2.75) is 26.3 Å². The number of hydrogen-bond acceptors (Lipinski definition) is 4. The van der Waals surface area contributed by atoms with Gasteiger partial charge in [-0.2, -0.15) is 0 Å². The highest BCUT2D eigenvalue weighted by molar-refractivity contribution is 5.75. The highest BCUT2D eigenvalue weighted by atomic mass is 16.5. The molecule has 0 aromatic heterocycles. The molecule has 0 spiro atoms. The lowest BCUT2D eigenvalue weighted by molar-refractivity contribution is -0.121. The van der Waals surface area contributed by atoms with Crippen LogP contribution in [0.4, 0.5) is 5.69 Å². The molecule has 0 aliphatic rings. The van der Waals surface area contributed by atoms with E-state index in [9.17, 15) is 9.90 Å². The molecular weight excluding hydrogens is 232 g/mol. The number of nitrogen functional groups attached to an aromatic ring is 1. The van der Waals surface area contributed by atoms with Gasteiger partial charge in [-0.05, 0) is 31.5 Å². The minimum Gasteiger partial charge on any atom is -0.508 e. The predicted molar refractivity (Wildman–Crippen MR) is 70.1 cm³/mol. The van der Waals surface area contributed by atoms with Crippen LogP contribution in [-0.2, 0) is 16.1 Å². The average molecular weight is 252 g/mol. The maximum absolute atomic E-state index is 11.5. The number of phenols is 1. The van der Waals surface area contributed by atoms with Gasteiger partial charge in [-0.25, -0.2) is 0 Å². The maximum atomic E-state index is 11.5. The normalized spacial score (nSPS) is 10.3. The molecule has 0 unspecified atom stereocenters. The van der Waals surface area contributed by atoms with Crippen LogP contribution in [0.2, 0.25) is 0 Å². The van der Waals surface area contributed by atoms with Crippen molar-refractivity contribution in [3.05, 3.63) is 23.8 Å². The van der Waals surface area contributed by atoms with Gasteiger partial charge in [0.05, 0.1) is 0 Å². The smallest absolute Gasteiger partial charge is 0.220 e. The summed E-state index contributed by atoms with van der Waals surface area (Å²) in [7, 11) is 0. The molecule has 1 aromatic rings. The van der Waals surface area contributed by atoms with Gasteiger partial charge in [0.2, 0.25) is 5.91 Å². The SMILES string of the molecule is CCOCCCC(=O)NCc1cc(N)ccc1O. The lowest BCUT2D eigenvalue weighted by Crippen LogP contribution is -2.22. The molecule has 5 nitrogen and oxygen atoms in total. The second-order valence-corrected chi connectivity index (χ2v) is 3.97. The third-order valence-electron chi connectivity index (χ3n) is 2.48. The Labute approximate surface area is 107 Å². The fraction of sp³-hybridized carbons (Fsp3) is 0.462. The Kier molecular flexibility index (Phi) is 6.00. The average Bonchev–Trinajstić information content (AvgIpc) is 2.36. The minimum atomic E-state index is -0.0588. The molecule has 1 amide bonds. The summed E-state index contributed by atoms with van der Waals surface area (Å²) in [5, 5.41) is 12.3. The molecule has 0 atom stereocenters. The van der Waals surface area contributed by atoms with Gasteiger partial charge < -0.3 is 20.9 Å². The van der Waals surface area contributed by atoms with Crippen LogP contribution in [0.3, 0.4) is 0 Å². The van der Waals surface area contributed by atoms with Crippen molar-refractivity contribution >= 4 is 11.6 Å². The van der Waals surface area contributed by atoms with Crippen LogP contribution in [0.15, 0.2) is 18.2 Å². The molecule has 0 fully saturated rings. The Morgan fingerprint density at radius 1 is 1.50 bits per heavy atom. The van der Waals surface area contributed by atoms with E-state index in [-0.39, 0.29) is 18.2 Å². The summed E-state index contributed by atoms with van der Waals surface area (Å²) in [4.78, 5) is 11.5. The van der Waals surface area contributed by atoms with Crippen LogP contribution >= 0.6 is 0 Å². The van der Waals surface area contributed by atoms with Gasteiger partial charge in [-0.1, -0.05) is 0 Å². The quantitative estimate of drug-likeness (QED) is 0.389. The van der Waals surface area contributed by atoms with E-state index >= 15 is 0 Å². The Morgan fingerprint density at radius 2 is 2.28 bits per heavy atom. The zero-order chi connectivity index (χ0) is 13.4. The number of hydrogen-bond donors (Lipinski definition) is 3. The summed E-state index contributed by atoms with van der Waals surface area (Å²) < 4.78 is 5.14. The van der Waals surface area contributed by atoms with E-state index in [0.29, 0.717) is 37.3 Å². The van der Waals surface area contributed by atoms with E-state index in [0.717, 1.165) is 0 Å². The number of anilines is 1. The molecule has 4 N–H and O–H groups in total. The van der Waals surface area contributed by atoms with Gasteiger partial charge in [0.1, 0.15) is 5.75 Å². The van der Waals surface area contributed by atoms with E-state index < -0.39 is 0 Å². The summed E-state index contributed by atoms with van der Waals surface area (Å²) in [5.74, 6) is 0.0790. The zero-order valence-electron chi connectivity index (χ0n) is 10.6. The summed E-state index contributed by atoms with van der Waals surface area (Å²) in [5.41, 5.74) is 6.79. The molecule has 0 aliphatic heterocycles. The van der Waals surface area contributed by atoms with E-state index in [4.69, 9.17) is 10.5 Å². The first kappa shape index (κ1) is 14.3. The number of nitrogens with two attached hydrogens (primary N) is 1. The number of carbonyl (C=O) groups is 1. The lowest BCUT2D eigenvalue weighted by atomic mass is 10.1. The molecule has 5 heteroatoms. The van der Waals surface area contributed by atoms with Gasteiger partial charge in [-0.3, -0.25) is 4.79 Å². The molecule has 0 saturated heterocycles. The van der Waals surface area contributed by atoms with Gasteiger partial charge in [-0.15, -0.1) is 0 Å². The van der Waals surface area contributed by atoms with Crippen LogP contribution in [0, 0.1) is 0 Å². The molecule has 100 valence electrons. The molecule has 0 aliphatic carbocycles. The fourth-order valence-corrected chi connectivity index (χ4v) is 1.51. The van der Waals surface area contributed by atoms with E-state index in [1.807, 2.05) is 6.92 Å². The minimum absolute atomic E-state index is 0.0588. The molecule has 0 saturated carbocycles. The van der Waals surface area contributed by atoms with E-state index in [2.05, 4.69) is 5.32 Å². The monoisotopic (exact) mass is 252 g/mol. The largest absolute Gasteiger partial charge is 0.508 e. The zero-order valence-corrected chi connectivity index (χ0v) is 10.6. The number of benzene rings is 1.